The van der Waals surface area contributed by atoms with Gasteiger partial charge < -0.3 is 21.9 Å². The van der Waals surface area contributed by atoms with Crippen LogP contribution in [0.25, 0.3) is 49.7 Å². The van der Waals surface area contributed by atoms with E-state index in [4.69, 9.17) is 22.3 Å². The Labute approximate surface area is 264 Å². The number of aromatic nitrogens is 3. The molecule has 7 aromatic rings. The Morgan fingerprint density at radius 2 is 1.52 bits per heavy atom. The number of hydrogen-bond donors (Lipinski definition) is 0. The van der Waals surface area contributed by atoms with Crippen molar-refractivity contribution in [3.05, 3.63) is 119 Å². The smallest absolute Gasteiger partial charge is 0.778 e. The molecule has 0 unspecified atom stereocenters. The molecule has 0 bridgehead atoms. The van der Waals surface area contributed by atoms with E-state index in [9.17, 15) is 0 Å². The predicted molar refractivity (Wildman–Crippen MR) is 169 cm³/mol. The average molecular weight is 656 g/mol. The number of hydrogen-bond acceptors (Lipinski definition) is 4. The van der Waals surface area contributed by atoms with Crippen molar-refractivity contribution >= 4 is 45.3 Å². The minimum absolute atomic E-state index is 0. The summed E-state index contributed by atoms with van der Waals surface area (Å²) in [7, 11) is 0. The summed E-state index contributed by atoms with van der Waals surface area (Å²) in [5.74, 6) is 1.90. The van der Waals surface area contributed by atoms with Crippen molar-refractivity contribution in [3.8, 4) is 28.6 Å². The second kappa shape index (κ2) is 11.0. The minimum Gasteiger partial charge on any atom is -0.778 e. The quantitative estimate of drug-likeness (QED) is 0.108. The van der Waals surface area contributed by atoms with Crippen LogP contribution in [0.15, 0.2) is 96.0 Å². The van der Waals surface area contributed by atoms with Crippen LogP contribution in [-0.2, 0) is 33.1 Å². The molecule has 42 heavy (non-hydrogen) atoms. The van der Waals surface area contributed by atoms with Gasteiger partial charge in [-0.2, -0.15) is 6.07 Å². The Kier molecular flexibility index (Phi) is 7.33. The summed E-state index contributed by atoms with van der Waals surface area (Å²) in [4.78, 5) is 10.2. The van der Waals surface area contributed by atoms with E-state index in [2.05, 4.69) is 97.9 Å². The molecule has 4 nitrogen and oxygen atoms in total. The van der Waals surface area contributed by atoms with Gasteiger partial charge >= 0.3 is 20.4 Å². The van der Waals surface area contributed by atoms with Gasteiger partial charge in [-0.3, -0.25) is 0 Å². The summed E-state index contributed by atoms with van der Waals surface area (Å²) in [6, 6.07) is 32.4. The van der Waals surface area contributed by atoms with Crippen LogP contribution in [-0.4, -0.2) is 14.5 Å². The molecule has 7 rings (SSSR count). The summed E-state index contributed by atoms with van der Waals surface area (Å²) in [6.45, 7) is 8.52. The van der Waals surface area contributed by atoms with E-state index in [1.54, 1.807) is 0 Å². The van der Waals surface area contributed by atoms with E-state index in [1.807, 2.05) is 36.5 Å². The molecule has 0 radical (unpaired) electrons. The Morgan fingerprint density at radius 1 is 0.762 bits per heavy atom. The third kappa shape index (κ3) is 4.76. The monoisotopic (exact) mass is 655 g/mol. The van der Waals surface area contributed by atoms with Gasteiger partial charge in [0.05, 0.1) is 5.52 Å². The standard InChI is InChI=1S/C36H28N3OS.Pd/c1-21-15-16-37-33(19-21)39-30-8-6-5-7-26(30)27-10-9-25(20-31(27)39)40-34-14-12-29-28(11-13-32(41)36(29)38-34)35-23(3)17-22(2)18-24(35)4;/h5-19,41H,1-4H3;/q-1;+2/p-1. The maximum Gasteiger partial charge on any atom is 2.00 e. The predicted octanol–water partition coefficient (Wildman–Crippen LogP) is 9.12. The molecule has 0 aliphatic heterocycles. The first-order valence-electron chi connectivity index (χ1n) is 13.6. The fourth-order valence-electron chi connectivity index (χ4n) is 5.98. The number of pyridine rings is 2. The number of aryl methyl sites for hydroxylation is 4. The first-order chi connectivity index (χ1) is 19.9. The Hall–Kier alpha value is -4.08. The average Bonchev–Trinajstić information content (AvgIpc) is 3.27. The second-order valence-corrected chi connectivity index (χ2v) is 11.1. The fourth-order valence-corrected chi connectivity index (χ4v) is 6.20. The number of rotatable bonds is 4. The Balaban J connectivity index is 0.00000316. The molecule has 0 spiro atoms. The third-order valence-electron chi connectivity index (χ3n) is 7.64. The molecule has 0 saturated heterocycles. The molecular formula is C36H27N3OPdS. The topological polar surface area (TPSA) is 39.9 Å². The number of ether oxygens (including phenoxy) is 1. The SMILES string of the molecule is Cc1ccnc(-n2c3[c-]c(Oc4ccc5c(-c6c(C)cc(C)cc6C)ccc([S-])c5n4)ccc3c3ccccc32)c1.[Pd+2]. The van der Waals surface area contributed by atoms with Crippen LogP contribution < -0.4 is 4.74 Å². The van der Waals surface area contributed by atoms with E-state index >= 15 is 0 Å². The molecule has 3 heterocycles. The van der Waals surface area contributed by atoms with Crippen LogP contribution in [0, 0.1) is 33.8 Å². The molecule has 208 valence electrons. The third-order valence-corrected chi connectivity index (χ3v) is 7.97. The van der Waals surface area contributed by atoms with E-state index in [1.165, 1.54) is 22.3 Å². The van der Waals surface area contributed by atoms with Crippen LogP contribution in [0.3, 0.4) is 0 Å². The molecule has 0 fully saturated rings. The summed E-state index contributed by atoms with van der Waals surface area (Å²) in [5.41, 5.74) is 9.96. The fraction of sp³-hybridized carbons (Fsp3) is 0.111. The molecule has 0 aliphatic carbocycles. The van der Waals surface area contributed by atoms with E-state index in [-0.39, 0.29) is 20.4 Å². The van der Waals surface area contributed by atoms with Crippen molar-refractivity contribution < 1.29 is 25.2 Å². The molecule has 4 aromatic carbocycles. The number of fused-ring (bicyclic) bond motifs is 4. The zero-order valence-corrected chi connectivity index (χ0v) is 26.0. The molecule has 3 aromatic heterocycles. The summed E-state index contributed by atoms with van der Waals surface area (Å²) in [6.07, 6.45) is 1.84. The molecular weight excluding hydrogens is 629 g/mol. The molecule has 0 N–H and O–H groups in total. The molecule has 0 aliphatic rings. The van der Waals surface area contributed by atoms with Gasteiger partial charge in [0.2, 0.25) is 5.88 Å². The van der Waals surface area contributed by atoms with Crippen molar-refractivity contribution in [2.75, 3.05) is 0 Å². The zero-order valence-electron chi connectivity index (χ0n) is 23.6. The van der Waals surface area contributed by atoms with Crippen LogP contribution in [0.1, 0.15) is 22.3 Å². The zero-order chi connectivity index (χ0) is 28.2. The van der Waals surface area contributed by atoms with Gasteiger partial charge in [-0.05, 0) is 85.2 Å². The van der Waals surface area contributed by atoms with Crippen molar-refractivity contribution in [1.29, 1.82) is 0 Å². The van der Waals surface area contributed by atoms with Crippen LogP contribution in [0.4, 0.5) is 0 Å². The first-order valence-corrected chi connectivity index (χ1v) is 14.0. The maximum atomic E-state index is 6.32. The molecule has 0 atom stereocenters. The van der Waals surface area contributed by atoms with Gasteiger partial charge in [0.25, 0.3) is 0 Å². The second-order valence-electron chi connectivity index (χ2n) is 10.7. The number of nitrogens with zero attached hydrogens (tertiary/aromatic N) is 3. The van der Waals surface area contributed by atoms with E-state index in [0.29, 0.717) is 16.5 Å². The van der Waals surface area contributed by atoms with Crippen molar-refractivity contribution in [1.82, 2.24) is 14.5 Å². The molecule has 6 heteroatoms. The largest absolute Gasteiger partial charge is 2.00 e. The van der Waals surface area contributed by atoms with Gasteiger partial charge in [0.1, 0.15) is 5.82 Å². The number of benzene rings is 4. The van der Waals surface area contributed by atoms with E-state index < -0.39 is 0 Å². The molecule has 0 saturated carbocycles. The van der Waals surface area contributed by atoms with Crippen LogP contribution >= 0.6 is 0 Å². The minimum atomic E-state index is 0. The summed E-state index contributed by atoms with van der Waals surface area (Å²) in [5, 5.41) is 3.25. The van der Waals surface area contributed by atoms with Gasteiger partial charge in [0, 0.05) is 28.9 Å². The van der Waals surface area contributed by atoms with Crippen molar-refractivity contribution in [3.63, 3.8) is 0 Å². The van der Waals surface area contributed by atoms with Crippen LogP contribution in [0.5, 0.6) is 11.6 Å². The summed E-state index contributed by atoms with van der Waals surface area (Å²) < 4.78 is 8.46. The van der Waals surface area contributed by atoms with Crippen molar-refractivity contribution in [2.24, 2.45) is 0 Å². The maximum absolute atomic E-state index is 6.32. The number of para-hydroxylation sites is 1. The van der Waals surface area contributed by atoms with E-state index in [0.717, 1.165) is 49.7 Å². The van der Waals surface area contributed by atoms with Gasteiger partial charge in [-0.1, -0.05) is 53.5 Å². The summed E-state index contributed by atoms with van der Waals surface area (Å²) >= 11 is 5.72. The Bertz CT molecular complexity index is 2130. The van der Waals surface area contributed by atoms with Gasteiger partial charge in [-0.25, -0.2) is 9.97 Å². The van der Waals surface area contributed by atoms with Gasteiger partial charge in [-0.15, -0.1) is 22.4 Å². The van der Waals surface area contributed by atoms with Gasteiger partial charge in [0.15, 0.2) is 0 Å². The Morgan fingerprint density at radius 3 is 2.31 bits per heavy atom. The first kappa shape index (κ1) is 28.1. The van der Waals surface area contributed by atoms with Crippen molar-refractivity contribution in [2.45, 2.75) is 32.6 Å². The normalized spacial score (nSPS) is 11.2. The molecule has 0 amide bonds. The van der Waals surface area contributed by atoms with Crippen LogP contribution in [0.2, 0.25) is 0 Å².